The minimum Gasteiger partial charge on any atom is -0.456 e. The summed E-state index contributed by atoms with van der Waals surface area (Å²) in [5, 5.41) is 10.9. The van der Waals surface area contributed by atoms with Crippen LogP contribution in [0.2, 0.25) is 0 Å². The monoisotopic (exact) mass is 420 g/mol. The number of benzene rings is 2. The van der Waals surface area contributed by atoms with E-state index < -0.39 is 10.8 Å². The fourth-order valence-corrected chi connectivity index (χ4v) is 3.88. The van der Waals surface area contributed by atoms with Gasteiger partial charge in [0.1, 0.15) is 11.5 Å². The first-order valence-electron chi connectivity index (χ1n) is 9.07. The van der Waals surface area contributed by atoms with Crippen molar-refractivity contribution >= 4 is 34.7 Å². The Hall–Kier alpha value is -3.65. The van der Waals surface area contributed by atoms with Crippen molar-refractivity contribution in [2.45, 2.75) is 13.5 Å². The number of nitrogens with zero attached hydrogens (tertiary/aromatic N) is 2. The molecule has 8 heteroatoms. The Morgan fingerprint density at radius 1 is 1.07 bits per heavy atom. The van der Waals surface area contributed by atoms with Crippen LogP contribution in [0.3, 0.4) is 0 Å². The number of imide groups is 1. The molecule has 2 aromatic carbocycles. The summed E-state index contributed by atoms with van der Waals surface area (Å²) in [6, 6.07) is 17.1. The van der Waals surface area contributed by atoms with E-state index in [0.717, 1.165) is 22.9 Å². The van der Waals surface area contributed by atoms with Crippen LogP contribution < -0.4 is 0 Å². The number of furan rings is 1. The molecule has 1 aliphatic rings. The third-order valence-corrected chi connectivity index (χ3v) is 5.51. The van der Waals surface area contributed by atoms with Crippen molar-refractivity contribution < 1.29 is 18.9 Å². The Kier molecular flexibility index (Phi) is 5.24. The minimum absolute atomic E-state index is 0.0724. The number of nitro groups is 1. The number of nitro benzene ring substituents is 1. The van der Waals surface area contributed by atoms with E-state index in [-0.39, 0.29) is 22.4 Å². The van der Waals surface area contributed by atoms with E-state index in [1.807, 2.05) is 31.2 Å². The van der Waals surface area contributed by atoms with Crippen LogP contribution in [0.25, 0.3) is 17.4 Å². The molecule has 30 heavy (non-hydrogen) atoms. The molecule has 0 radical (unpaired) electrons. The molecular formula is C22H16N2O5S. The van der Waals surface area contributed by atoms with Crippen LogP contribution in [0, 0.1) is 17.0 Å². The van der Waals surface area contributed by atoms with E-state index in [1.165, 1.54) is 17.0 Å². The summed E-state index contributed by atoms with van der Waals surface area (Å²) in [5.41, 5.74) is 2.23. The van der Waals surface area contributed by atoms with E-state index in [9.17, 15) is 19.7 Å². The summed E-state index contributed by atoms with van der Waals surface area (Å²) in [4.78, 5) is 37.2. The summed E-state index contributed by atoms with van der Waals surface area (Å²) in [7, 11) is 0. The van der Waals surface area contributed by atoms with Gasteiger partial charge >= 0.3 is 0 Å². The highest BCUT2D eigenvalue weighted by Gasteiger charge is 2.35. The van der Waals surface area contributed by atoms with Crippen molar-refractivity contribution in [3.8, 4) is 11.3 Å². The molecule has 2 heterocycles. The lowest BCUT2D eigenvalue weighted by atomic mass is 10.1. The van der Waals surface area contributed by atoms with Gasteiger partial charge in [0.15, 0.2) is 0 Å². The molecule has 150 valence electrons. The number of rotatable bonds is 5. The third kappa shape index (κ3) is 3.90. The van der Waals surface area contributed by atoms with Gasteiger partial charge in [0.25, 0.3) is 16.8 Å². The molecule has 0 aliphatic carbocycles. The van der Waals surface area contributed by atoms with Gasteiger partial charge in [-0.05, 0) is 42.4 Å². The molecular weight excluding hydrogens is 404 g/mol. The largest absolute Gasteiger partial charge is 0.456 e. The molecule has 0 bridgehead atoms. The van der Waals surface area contributed by atoms with E-state index in [4.69, 9.17) is 4.42 Å². The number of hydrogen-bond donors (Lipinski definition) is 0. The zero-order valence-corrected chi connectivity index (χ0v) is 16.7. The number of hydrogen-bond acceptors (Lipinski definition) is 6. The van der Waals surface area contributed by atoms with Gasteiger partial charge in [0, 0.05) is 12.1 Å². The molecule has 1 aliphatic heterocycles. The molecule has 1 fully saturated rings. The molecule has 0 N–H and O–H groups in total. The van der Waals surface area contributed by atoms with Crippen molar-refractivity contribution in [3.05, 3.63) is 92.6 Å². The number of amides is 2. The Balaban J connectivity index is 1.56. The normalized spacial score (nSPS) is 15.2. The maximum Gasteiger partial charge on any atom is 0.293 e. The Morgan fingerprint density at radius 3 is 2.53 bits per heavy atom. The summed E-state index contributed by atoms with van der Waals surface area (Å²) < 4.78 is 5.70. The number of aryl methyl sites for hydroxylation is 1. The van der Waals surface area contributed by atoms with Crippen LogP contribution in [0.15, 0.2) is 70.0 Å². The molecule has 0 saturated carbocycles. The van der Waals surface area contributed by atoms with Crippen LogP contribution in [0.5, 0.6) is 0 Å². The highest BCUT2D eigenvalue weighted by atomic mass is 32.2. The number of para-hydroxylation sites is 1. The zero-order valence-electron chi connectivity index (χ0n) is 15.9. The van der Waals surface area contributed by atoms with E-state index in [1.54, 1.807) is 30.3 Å². The van der Waals surface area contributed by atoms with Crippen molar-refractivity contribution in [2.24, 2.45) is 0 Å². The first kappa shape index (κ1) is 19.7. The van der Waals surface area contributed by atoms with E-state index in [2.05, 4.69) is 0 Å². The predicted molar refractivity (Wildman–Crippen MR) is 113 cm³/mol. The first-order chi connectivity index (χ1) is 14.4. The van der Waals surface area contributed by atoms with Gasteiger partial charge in [0.2, 0.25) is 0 Å². The summed E-state index contributed by atoms with van der Waals surface area (Å²) >= 11 is 0.842. The fourth-order valence-electron chi connectivity index (χ4n) is 3.06. The van der Waals surface area contributed by atoms with Crippen LogP contribution >= 0.6 is 11.8 Å². The smallest absolute Gasteiger partial charge is 0.293 e. The second-order valence-electron chi connectivity index (χ2n) is 6.73. The first-order valence-corrected chi connectivity index (χ1v) is 9.88. The lowest BCUT2D eigenvalue weighted by Crippen LogP contribution is -2.27. The molecule has 1 saturated heterocycles. The molecule has 0 unspecified atom stereocenters. The van der Waals surface area contributed by atoms with Gasteiger partial charge in [-0.3, -0.25) is 24.6 Å². The maximum atomic E-state index is 12.7. The van der Waals surface area contributed by atoms with Gasteiger partial charge in [-0.2, -0.15) is 0 Å². The highest BCUT2D eigenvalue weighted by molar-refractivity contribution is 8.18. The molecule has 7 nitrogen and oxygen atoms in total. The Labute approximate surface area is 176 Å². The van der Waals surface area contributed by atoms with Crippen LogP contribution in [0.4, 0.5) is 10.5 Å². The second-order valence-corrected chi connectivity index (χ2v) is 7.72. The van der Waals surface area contributed by atoms with Crippen LogP contribution in [-0.4, -0.2) is 21.0 Å². The molecule has 0 atom stereocenters. The van der Waals surface area contributed by atoms with Crippen LogP contribution in [0.1, 0.15) is 16.9 Å². The summed E-state index contributed by atoms with van der Waals surface area (Å²) in [6.07, 6.45) is 1.48. The second kappa shape index (κ2) is 8.00. The number of thioether (sulfide) groups is 1. The Morgan fingerprint density at radius 2 is 1.80 bits per heavy atom. The lowest BCUT2D eigenvalue weighted by Gasteiger charge is -2.12. The third-order valence-electron chi connectivity index (χ3n) is 4.60. The van der Waals surface area contributed by atoms with E-state index in [0.29, 0.717) is 17.1 Å². The number of carbonyl (C=O) groups excluding carboxylic acids is 2. The van der Waals surface area contributed by atoms with Gasteiger partial charge in [-0.15, -0.1) is 0 Å². The molecule has 0 spiro atoms. The Bertz CT molecular complexity index is 1180. The molecule has 4 rings (SSSR count). The molecule has 2 amide bonds. The average Bonchev–Trinajstić information content (AvgIpc) is 3.30. The van der Waals surface area contributed by atoms with Gasteiger partial charge < -0.3 is 4.42 Å². The SMILES string of the molecule is Cc1ccc(CN2C(=O)S/C(=C\c3ccc(-c4ccccc4[N+](=O)[O-])o3)C2=O)cc1. The predicted octanol–water partition coefficient (Wildman–Crippen LogP) is 5.40. The van der Waals surface area contributed by atoms with Gasteiger partial charge in [0.05, 0.1) is 21.9 Å². The van der Waals surface area contributed by atoms with Gasteiger partial charge in [-0.25, -0.2) is 0 Å². The zero-order chi connectivity index (χ0) is 21.3. The lowest BCUT2D eigenvalue weighted by molar-refractivity contribution is -0.384. The highest BCUT2D eigenvalue weighted by Crippen LogP contribution is 2.35. The maximum absolute atomic E-state index is 12.7. The van der Waals surface area contributed by atoms with Crippen molar-refractivity contribution in [3.63, 3.8) is 0 Å². The van der Waals surface area contributed by atoms with Crippen molar-refractivity contribution in [1.29, 1.82) is 0 Å². The topological polar surface area (TPSA) is 93.7 Å². The average molecular weight is 420 g/mol. The minimum atomic E-state index is -0.478. The van der Waals surface area contributed by atoms with Gasteiger partial charge in [-0.1, -0.05) is 42.0 Å². The molecule has 1 aromatic heterocycles. The number of carbonyl (C=O) groups is 2. The van der Waals surface area contributed by atoms with Crippen molar-refractivity contribution in [2.75, 3.05) is 0 Å². The van der Waals surface area contributed by atoms with Crippen molar-refractivity contribution in [1.82, 2.24) is 4.90 Å². The summed E-state index contributed by atoms with van der Waals surface area (Å²) in [5.74, 6) is 0.255. The summed E-state index contributed by atoms with van der Waals surface area (Å²) in [6.45, 7) is 2.16. The standard InChI is InChI=1S/C22H16N2O5S/c1-14-6-8-15(9-7-14)13-23-21(25)20(30-22(23)26)12-16-10-11-19(29-16)17-4-2-3-5-18(17)24(27)28/h2-12H,13H2,1H3/b20-12-. The van der Waals surface area contributed by atoms with E-state index >= 15 is 0 Å². The fraction of sp³-hybridized carbons (Fsp3) is 0.0909. The molecule has 3 aromatic rings. The quantitative estimate of drug-likeness (QED) is 0.312. The van der Waals surface area contributed by atoms with Crippen LogP contribution in [-0.2, 0) is 11.3 Å².